The normalized spacial score (nSPS) is 40.0. The summed E-state index contributed by atoms with van der Waals surface area (Å²) in [5.41, 5.74) is 1.99. The first-order chi connectivity index (χ1) is 9.72. The largest absolute Gasteiger partial charge is 0.311 e. The maximum atomic E-state index is 4.03. The molecular formula is C19H27N. The van der Waals surface area contributed by atoms with E-state index in [-0.39, 0.29) is 0 Å². The van der Waals surface area contributed by atoms with Crippen molar-refractivity contribution in [2.24, 2.45) is 17.8 Å². The lowest BCUT2D eigenvalue weighted by molar-refractivity contribution is -0.0200. The minimum Gasteiger partial charge on any atom is -0.311 e. The lowest BCUT2D eigenvalue weighted by atomic mass is 9.53. The predicted molar refractivity (Wildman–Crippen MR) is 83.8 cm³/mol. The van der Waals surface area contributed by atoms with Crippen LogP contribution in [-0.2, 0) is 0 Å². The highest BCUT2D eigenvalue weighted by atomic mass is 15.0. The monoisotopic (exact) mass is 269 g/mol. The predicted octanol–water partition coefficient (Wildman–Crippen LogP) is 4.35. The summed E-state index contributed by atoms with van der Waals surface area (Å²) in [7, 11) is 0. The van der Waals surface area contributed by atoms with E-state index in [1.165, 1.54) is 44.1 Å². The summed E-state index contributed by atoms with van der Waals surface area (Å²) in [6.07, 6.45) is 8.99. The first-order valence-electron chi connectivity index (χ1n) is 8.52. The molecule has 0 saturated heterocycles. The number of hydrogen-bond acceptors (Lipinski definition) is 1. The van der Waals surface area contributed by atoms with E-state index < -0.39 is 0 Å². The Balaban J connectivity index is 1.42. The van der Waals surface area contributed by atoms with Crippen LogP contribution in [0.2, 0.25) is 0 Å². The molecule has 1 atom stereocenters. The molecule has 1 nitrogen and oxygen atoms in total. The lowest BCUT2D eigenvalue weighted by Crippen LogP contribution is -2.58. The van der Waals surface area contributed by atoms with E-state index in [9.17, 15) is 0 Å². The van der Waals surface area contributed by atoms with E-state index in [1.807, 2.05) is 0 Å². The number of hydrogen-bond donors (Lipinski definition) is 1. The number of nitrogens with one attached hydrogen (secondary N) is 1. The molecule has 0 unspecified atom stereocenters. The summed E-state index contributed by atoms with van der Waals surface area (Å²) < 4.78 is 0. The third kappa shape index (κ3) is 2.30. The highest BCUT2D eigenvalue weighted by molar-refractivity contribution is 5.19. The van der Waals surface area contributed by atoms with Gasteiger partial charge in [0.1, 0.15) is 0 Å². The lowest BCUT2D eigenvalue weighted by Gasteiger charge is -2.57. The molecule has 4 fully saturated rings. The summed E-state index contributed by atoms with van der Waals surface area (Å²) >= 11 is 0. The van der Waals surface area contributed by atoms with Crippen LogP contribution < -0.4 is 5.32 Å². The molecule has 5 rings (SSSR count). The Morgan fingerprint density at radius 3 is 2.10 bits per heavy atom. The summed E-state index contributed by atoms with van der Waals surface area (Å²) in [5, 5.41) is 4.03. The molecule has 1 aromatic carbocycles. The van der Waals surface area contributed by atoms with Gasteiger partial charge in [-0.15, -0.1) is 0 Å². The molecule has 108 valence electrons. The number of rotatable bonds is 4. The fourth-order valence-corrected chi connectivity index (χ4v) is 5.60. The van der Waals surface area contributed by atoms with E-state index >= 15 is 0 Å². The summed E-state index contributed by atoms with van der Waals surface area (Å²) in [6.45, 7) is 3.51. The molecule has 4 saturated carbocycles. The van der Waals surface area contributed by atoms with E-state index in [4.69, 9.17) is 0 Å². The summed E-state index contributed by atoms with van der Waals surface area (Å²) in [4.78, 5) is 0. The molecule has 1 heteroatoms. The third-order valence-electron chi connectivity index (χ3n) is 6.19. The van der Waals surface area contributed by atoms with E-state index in [0.717, 1.165) is 24.3 Å². The molecule has 1 aromatic rings. The zero-order chi connectivity index (χ0) is 13.6. The molecule has 4 aliphatic carbocycles. The van der Waals surface area contributed by atoms with Crippen LogP contribution in [0.3, 0.4) is 0 Å². The topological polar surface area (TPSA) is 12.0 Å². The molecule has 4 bridgehead atoms. The molecule has 0 spiro atoms. The standard InChI is InChI=1S/C19H27N/c1-14(18-5-3-2-4-6-18)13-20-19-10-15-7-16(11-19)9-17(8-15)12-19/h2-6,14-17,20H,7-13H2,1H3/t14-,15?,16?,17?,19?/m1/s1. The average molecular weight is 269 g/mol. The van der Waals surface area contributed by atoms with E-state index in [2.05, 4.69) is 42.6 Å². The van der Waals surface area contributed by atoms with Crippen LogP contribution >= 0.6 is 0 Å². The molecule has 0 radical (unpaired) electrons. The van der Waals surface area contributed by atoms with Crippen LogP contribution in [0.5, 0.6) is 0 Å². The SMILES string of the molecule is C[C@H](CNC12CC3CC(CC(C3)C1)C2)c1ccccc1. The first kappa shape index (κ1) is 12.9. The fraction of sp³-hybridized carbons (Fsp3) is 0.684. The fourth-order valence-electron chi connectivity index (χ4n) is 5.60. The smallest absolute Gasteiger partial charge is 0.0189 e. The van der Waals surface area contributed by atoms with Gasteiger partial charge in [0.05, 0.1) is 0 Å². The second-order valence-corrected chi connectivity index (χ2v) is 7.89. The van der Waals surface area contributed by atoms with Crippen molar-refractivity contribution in [2.45, 2.75) is 56.9 Å². The van der Waals surface area contributed by atoms with Gasteiger partial charge in [-0.2, -0.15) is 0 Å². The minimum atomic E-state index is 0.512. The van der Waals surface area contributed by atoms with Gasteiger partial charge in [-0.3, -0.25) is 0 Å². The van der Waals surface area contributed by atoms with Crippen LogP contribution in [-0.4, -0.2) is 12.1 Å². The second-order valence-electron chi connectivity index (χ2n) is 7.89. The van der Waals surface area contributed by atoms with Crippen molar-refractivity contribution >= 4 is 0 Å². The Morgan fingerprint density at radius 2 is 1.55 bits per heavy atom. The van der Waals surface area contributed by atoms with Crippen LogP contribution in [0.25, 0.3) is 0 Å². The molecule has 4 aliphatic rings. The van der Waals surface area contributed by atoms with Crippen molar-refractivity contribution in [3.05, 3.63) is 35.9 Å². The van der Waals surface area contributed by atoms with Crippen LogP contribution in [0, 0.1) is 17.8 Å². The maximum absolute atomic E-state index is 4.03. The Labute approximate surface area is 123 Å². The van der Waals surface area contributed by atoms with E-state index in [1.54, 1.807) is 0 Å². The maximum Gasteiger partial charge on any atom is 0.0189 e. The Hall–Kier alpha value is -0.820. The van der Waals surface area contributed by atoms with Gasteiger partial charge >= 0.3 is 0 Å². The van der Waals surface area contributed by atoms with Crippen LogP contribution in [0.4, 0.5) is 0 Å². The minimum absolute atomic E-state index is 0.512. The third-order valence-corrected chi connectivity index (χ3v) is 6.19. The molecular weight excluding hydrogens is 242 g/mol. The molecule has 1 N–H and O–H groups in total. The van der Waals surface area contributed by atoms with Gasteiger partial charge in [0.2, 0.25) is 0 Å². The molecule has 0 heterocycles. The quantitative estimate of drug-likeness (QED) is 0.857. The van der Waals surface area contributed by atoms with Crippen molar-refractivity contribution in [2.75, 3.05) is 6.54 Å². The van der Waals surface area contributed by atoms with Crippen molar-refractivity contribution < 1.29 is 0 Å². The van der Waals surface area contributed by atoms with Crippen molar-refractivity contribution in [1.82, 2.24) is 5.32 Å². The zero-order valence-corrected chi connectivity index (χ0v) is 12.6. The van der Waals surface area contributed by atoms with Crippen LogP contribution in [0.15, 0.2) is 30.3 Å². The summed E-state index contributed by atoms with van der Waals surface area (Å²) in [6, 6.07) is 11.0. The molecule has 20 heavy (non-hydrogen) atoms. The zero-order valence-electron chi connectivity index (χ0n) is 12.6. The van der Waals surface area contributed by atoms with Crippen molar-refractivity contribution in [3.63, 3.8) is 0 Å². The van der Waals surface area contributed by atoms with Gasteiger partial charge < -0.3 is 5.32 Å². The van der Waals surface area contributed by atoms with E-state index in [0.29, 0.717) is 11.5 Å². The average Bonchev–Trinajstić information content (AvgIpc) is 2.44. The van der Waals surface area contributed by atoms with Crippen molar-refractivity contribution in [1.29, 1.82) is 0 Å². The highest BCUT2D eigenvalue weighted by Crippen LogP contribution is 2.55. The van der Waals surface area contributed by atoms with Gasteiger partial charge in [0.25, 0.3) is 0 Å². The van der Waals surface area contributed by atoms with Gasteiger partial charge in [0, 0.05) is 12.1 Å². The van der Waals surface area contributed by atoms with Crippen LogP contribution in [0.1, 0.15) is 56.9 Å². The molecule has 0 aromatic heterocycles. The molecule has 0 aliphatic heterocycles. The number of benzene rings is 1. The molecule has 0 amide bonds. The Bertz CT molecular complexity index is 429. The van der Waals surface area contributed by atoms with Gasteiger partial charge in [-0.25, -0.2) is 0 Å². The Morgan fingerprint density at radius 1 is 1.00 bits per heavy atom. The Kier molecular flexibility index (Phi) is 3.14. The summed E-state index contributed by atoms with van der Waals surface area (Å²) in [5.74, 6) is 3.76. The van der Waals surface area contributed by atoms with Gasteiger partial charge in [-0.05, 0) is 67.8 Å². The van der Waals surface area contributed by atoms with Crippen molar-refractivity contribution in [3.8, 4) is 0 Å². The first-order valence-corrected chi connectivity index (χ1v) is 8.52. The van der Waals surface area contributed by atoms with Gasteiger partial charge in [-0.1, -0.05) is 37.3 Å². The highest BCUT2D eigenvalue weighted by Gasteiger charge is 2.50. The second kappa shape index (κ2) is 4.87. The van der Waals surface area contributed by atoms with Gasteiger partial charge in [0.15, 0.2) is 0 Å².